The number of hydrogen-bond acceptors (Lipinski definition) is 1. The number of carbonyl (C=O) groups is 1. The average Bonchev–Trinajstić information content (AvgIpc) is 2.71. The lowest BCUT2D eigenvalue weighted by molar-refractivity contribution is -0.124. The lowest BCUT2D eigenvalue weighted by Gasteiger charge is -2.13. The van der Waals surface area contributed by atoms with Crippen LogP contribution in [0.3, 0.4) is 0 Å². The van der Waals surface area contributed by atoms with Gasteiger partial charge in [-0.05, 0) is 31.6 Å². The molecule has 0 aromatic carbocycles. The standard InChI is InChI=1S/C13H23NO/c1-3-6-11(2)13(15)14-10-9-12-7-4-5-8-12/h4-5,11-12H,3,6-10H2,1-2H3,(H,14,15). The summed E-state index contributed by atoms with van der Waals surface area (Å²) >= 11 is 0. The Kier molecular flexibility index (Phi) is 5.44. The first kappa shape index (κ1) is 12.3. The van der Waals surface area contributed by atoms with E-state index in [-0.39, 0.29) is 11.8 Å². The summed E-state index contributed by atoms with van der Waals surface area (Å²) in [5, 5.41) is 3.03. The summed E-state index contributed by atoms with van der Waals surface area (Å²) in [5.41, 5.74) is 0. The maximum absolute atomic E-state index is 11.6. The fraction of sp³-hybridized carbons (Fsp3) is 0.769. The minimum absolute atomic E-state index is 0.178. The fourth-order valence-electron chi connectivity index (χ4n) is 2.05. The smallest absolute Gasteiger partial charge is 0.222 e. The van der Waals surface area contributed by atoms with Crippen LogP contribution in [-0.2, 0) is 4.79 Å². The van der Waals surface area contributed by atoms with Crippen molar-refractivity contribution in [2.24, 2.45) is 11.8 Å². The zero-order valence-corrected chi connectivity index (χ0v) is 9.96. The van der Waals surface area contributed by atoms with Gasteiger partial charge in [0.15, 0.2) is 0 Å². The van der Waals surface area contributed by atoms with E-state index in [1.807, 2.05) is 6.92 Å². The molecule has 1 aliphatic carbocycles. The molecule has 0 aromatic heterocycles. The zero-order chi connectivity index (χ0) is 11.1. The van der Waals surface area contributed by atoms with Gasteiger partial charge in [-0.25, -0.2) is 0 Å². The molecule has 0 bridgehead atoms. The molecule has 1 rings (SSSR count). The first-order chi connectivity index (χ1) is 7.24. The van der Waals surface area contributed by atoms with E-state index in [4.69, 9.17) is 0 Å². The summed E-state index contributed by atoms with van der Waals surface area (Å²) in [6.07, 6.45) is 10.1. The Morgan fingerprint density at radius 2 is 2.13 bits per heavy atom. The van der Waals surface area contributed by atoms with Crippen molar-refractivity contribution in [1.29, 1.82) is 0 Å². The molecule has 0 radical (unpaired) electrons. The van der Waals surface area contributed by atoms with Gasteiger partial charge in [-0.15, -0.1) is 0 Å². The first-order valence-corrected chi connectivity index (χ1v) is 6.16. The average molecular weight is 209 g/mol. The number of allylic oxidation sites excluding steroid dienone is 2. The number of hydrogen-bond donors (Lipinski definition) is 1. The Morgan fingerprint density at radius 1 is 1.47 bits per heavy atom. The van der Waals surface area contributed by atoms with Gasteiger partial charge in [-0.2, -0.15) is 0 Å². The molecule has 0 aliphatic heterocycles. The van der Waals surface area contributed by atoms with E-state index < -0.39 is 0 Å². The summed E-state index contributed by atoms with van der Waals surface area (Å²) in [4.78, 5) is 11.6. The summed E-state index contributed by atoms with van der Waals surface area (Å²) in [5.74, 6) is 1.17. The molecule has 0 heterocycles. The molecule has 15 heavy (non-hydrogen) atoms. The van der Waals surface area contributed by atoms with Crippen molar-refractivity contribution in [1.82, 2.24) is 5.32 Å². The molecule has 0 saturated heterocycles. The fourth-order valence-corrected chi connectivity index (χ4v) is 2.05. The van der Waals surface area contributed by atoms with Gasteiger partial charge in [-0.3, -0.25) is 4.79 Å². The van der Waals surface area contributed by atoms with Gasteiger partial charge >= 0.3 is 0 Å². The van der Waals surface area contributed by atoms with Crippen molar-refractivity contribution in [3.63, 3.8) is 0 Å². The second kappa shape index (κ2) is 6.65. The molecule has 1 aliphatic rings. The highest BCUT2D eigenvalue weighted by Crippen LogP contribution is 2.20. The SMILES string of the molecule is CCCC(C)C(=O)NCCC1CC=CC1. The van der Waals surface area contributed by atoms with E-state index in [9.17, 15) is 4.79 Å². The van der Waals surface area contributed by atoms with Gasteiger partial charge < -0.3 is 5.32 Å². The predicted molar refractivity (Wildman–Crippen MR) is 63.6 cm³/mol. The third-order valence-electron chi connectivity index (χ3n) is 3.13. The van der Waals surface area contributed by atoms with Gasteiger partial charge in [0, 0.05) is 12.5 Å². The van der Waals surface area contributed by atoms with E-state index in [1.165, 1.54) is 12.8 Å². The minimum atomic E-state index is 0.178. The quantitative estimate of drug-likeness (QED) is 0.670. The zero-order valence-electron chi connectivity index (χ0n) is 9.96. The first-order valence-electron chi connectivity index (χ1n) is 6.16. The van der Waals surface area contributed by atoms with Crippen molar-refractivity contribution in [2.45, 2.75) is 46.0 Å². The van der Waals surface area contributed by atoms with Crippen LogP contribution in [0.5, 0.6) is 0 Å². The lowest BCUT2D eigenvalue weighted by atomic mass is 10.0. The molecule has 1 atom stereocenters. The van der Waals surface area contributed by atoms with Crippen LogP contribution in [-0.4, -0.2) is 12.5 Å². The Bertz CT molecular complexity index is 215. The maximum atomic E-state index is 11.6. The van der Waals surface area contributed by atoms with Crippen LogP contribution in [0.1, 0.15) is 46.0 Å². The van der Waals surface area contributed by atoms with E-state index in [0.29, 0.717) is 0 Å². The van der Waals surface area contributed by atoms with Crippen molar-refractivity contribution < 1.29 is 4.79 Å². The highest BCUT2D eigenvalue weighted by Gasteiger charge is 2.13. The molecule has 0 fully saturated rings. The van der Waals surface area contributed by atoms with Crippen molar-refractivity contribution >= 4 is 5.91 Å². The van der Waals surface area contributed by atoms with Crippen molar-refractivity contribution in [3.05, 3.63) is 12.2 Å². The van der Waals surface area contributed by atoms with Crippen LogP contribution in [0.15, 0.2) is 12.2 Å². The molecule has 2 heteroatoms. The predicted octanol–water partition coefficient (Wildman–Crippen LogP) is 2.90. The molecule has 1 unspecified atom stereocenters. The molecule has 1 N–H and O–H groups in total. The van der Waals surface area contributed by atoms with Crippen LogP contribution in [0, 0.1) is 11.8 Å². The van der Waals surface area contributed by atoms with Crippen LogP contribution in [0.25, 0.3) is 0 Å². The van der Waals surface area contributed by atoms with Crippen LogP contribution < -0.4 is 5.32 Å². The topological polar surface area (TPSA) is 29.1 Å². The number of carbonyl (C=O) groups excluding carboxylic acids is 1. The second-order valence-electron chi connectivity index (χ2n) is 4.58. The van der Waals surface area contributed by atoms with Gasteiger partial charge in [0.05, 0.1) is 0 Å². The monoisotopic (exact) mass is 209 g/mol. The third kappa shape index (κ3) is 4.50. The van der Waals surface area contributed by atoms with Gasteiger partial charge in [0.1, 0.15) is 0 Å². The minimum Gasteiger partial charge on any atom is -0.356 e. The maximum Gasteiger partial charge on any atom is 0.222 e. The third-order valence-corrected chi connectivity index (χ3v) is 3.13. The van der Waals surface area contributed by atoms with E-state index in [2.05, 4.69) is 24.4 Å². The highest BCUT2D eigenvalue weighted by molar-refractivity contribution is 5.78. The molecule has 1 amide bonds. The van der Waals surface area contributed by atoms with Crippen molar-refractivity contribution in [3.8, 4) is 0 Å². The Hall–Kier alpha value is -0.790. The van der Waals surface area contributed by atoms with Gasteiger partial charge in [-0.1, -0.05) is 32.4 Å². The molecule has 0 aromatic rings. The molecule has 0 saturated carbocycles. The summed E-state index contributed by atoms with van der Waals surface area (Å²) < 4.78 is 0. The Morgan fingerprint density at radius 3 is 2.73 bits per heavy atom. The second-order valence-corrected chi connectivity index (χ2v) is 4.58. The van der Waals surface area contributed by atoms with Gasteiger partial charge in [0.2, 0.25) is 5.91 Å². The molecular weight excluding hydrogens is 186 g/mol. The summed E-state index contributed by atoms with van der Waals surface area (Å²) in [6.45, 7) is 4.98. The van der Waals surface area contributed by atoms with E-state index in [1.54, 1.807) is 0 Å². The summed E-state index contributed by atoms with van der Waals surface area (Å²) in [6, 6.07) is 0. The van der Waals surface area contributed by atoms with E-state index in [0.717, 1.165) is 31.7 Å². The summed E-state index contributed by atoms with van der Waals surface area (Å²) in [7, 11) is 0. The van der Waals surface area contributed by atoms with Crippen LogP contribution in [0.4, 0.5) is 0 Å². The molecule has 86 valence electrons. The Balaban J connectivity index is 2.06. The largest absolute Gasteiger partial charge is 0.356 e. The number of amides is 1. The Labute approximate surface area is 93.1 Å². The number of nitrogens with one attached hydrogen (secondary N) is 1. The lowest BCUT2D eigenvalue weighted by Crippen LogP contribution is -2.30. The van der Waals surface area contributed by atoms with Crippen molar-refractivity contribution in [2.75, 3.05) is 6.54 Å². The van der Waals surface area contributed by atoms with Crippen LogP contribution >= 0.6 is 0 Å². The highest BCUT2D eigenvalue weighted by atomic mass is 16.1. The van der Waals surface area contributed by atoms with Crippen LogP contribution in [0.2, 0.25) is 0 Å². The number of rotatable bonds is 6. The molecule has 0 spiro atoms. The molecule has 2 nitrogen and oxygen atoms in total. The molecular formula is C13H23NO. The van der Waals surface area contributed by atoms with Gasteiger partial charge in [0.25, 0.3) is 0 Å². The van der Waals surface area contributed by atoms with E-state index >= 15 is 0 Å². The normalized spacial score (nSPS) is 18.0.